The number of rotatable bonds is 4. The summed E-state index contributed by atoms with van der Waals surface area (Å²) in [5.74, 6) is 0.823. The van der Waals surface area contributed by atoms with Crippen LogP contribution in [0.15, 0.2) is 54.6 Å². The lowest BCUT2D eigenvalue weighted by Gasteiger charge is -2.37. The molecule has 2 aromatic carbocycles. The highest BCUT2D eigenvalue weighted by Gasteiger charge is 2.30. The predicted octanol–water partition coefficient (Wildman–Crippen LogP) is 3.46. The van der Waals surface area contributed by atoms with Gasteiger partial charge in [-0.1, -0.05) is 36.4 Å². The molecule has 3 rings (SSSR count). The molecule has 5 heteroatoms. The Balaban J connectivity index is 1.82. The lowest BCUT2D eigenvalue weighted by atomic mass is 9.88. The largest absolute Gasteiger partial charge is 0.489 e. The van der Waals surface area contributed by atoms with E-state index in [2.05, 4.69) is 24.1 Å². The number of hydrogen-bond acceptors (Lipinski definition) is 4. The predicted molar refractivity (Wildman–Crippen MR) is 88.8 cm³/mol. The van der Waals surface area contributed by atoms with Crippen molar-refractivity contribution in [2.75, 3.05) is 20.1 Å². The van der Waals surface area contributed by atoms with Gasteiger partial charge in [0.15, 0.2) is 0 Å². The molecule has 23 heavy (non-hydrogen) atoms. The van der Waals surface area contributed by atoms with Gasteiger partial charge in [-0.2, -0.15) is 0 Å². The fourth-order valence-corrected chi connectivity index (χ4v) is 3.10. The van der Waals surface area contributed by atoms with Crippen LogP contribution in [0.5, 0.6) is 5.75 Å². The summed E-state index contributed by atoms with van der Waals surface area (Å²) in [4.78, 5) is 12.8. The number of hydrogen-bond donors (Lipinski definition) is 0. The van der Waals surface area contributed by atoms with Crippen LogP contribution in [0, 0.1) is 10.1 Å². The summed E-state index contributed by atoms with van der Waals surface area (Å²) in [5.41, 5.74) is 1.31. The van der Waals surface area contributed by atoms with Gasteiger partial charge in [0.1, 0.15) is 11.9 Å². The molecule has 1 heterocycles. The summed E-state index contributed by atoms with van der Waals surface area (Å²) in [7, 11) is 2.11. The Morgan fingerprint density at radius 2 is 1.96 bits per heavy atom. The average molecular weight is 312 g/mol. The molecule has 0 unspecified atom stereocenters. The molecule has 0 amide bonds. The van der Waals surface area contributed by atoms with Crippen molar-refractivity contribution < 1.29 is 9.66 Å². The molecular weight excluding hydrogens is 292 g/mol. The first-order valence-electron chi connectivity index (χ1n) is 7.78. The summed E-state index contributed by atoms with van der Waals surface area (Å²) >= 11 is 0. The maximum atomic E-state index is 10.9. The Hall–Kier alpha value is -2.40. The SMILES string of the molecule is CN1CC[C@H](Oc2cccc([N+](=O)[O-])c2)[C@@H](c2ccccc2)C1. The number of likely N-dealkylation sites (N-methyl/N-ethyl adjacent to an activating group) is 1. The van der Waals surface area contributed by atoms with Crippen molar-refractivity contribution in [3.63, 3.8) is 0 Å². The summed E-state index contributed by atoms with van der Waals surface area (Å²) in [6.07, 6.45) is 0.925. The van der Waals surface area contributed by atoms with Gasteiger partial charge in [0.25, 0.3) is 5.69 Å². The molecular formula is C18H20N2O3. The van der Waals surface area contributed by atoms with Crippen molar-refractivity contribution in [3.05, 3.63) is 70.3 Å². The van der Waals surface area contributed by atoms with Crippen LogP contribution in [-0.2, 0) is 0 Å². The fraction of sp³-hybridized carbons (Fsp3) is 0.333. The fourth-order valence-electron chi connectivity index (χ4n) is 3.10. The van der Waals surface area contributed by atoms with E-state index in [-0.39, 0.29) is 17.7 Å². The maximum Gasteiger partial charge on any atom is 0.273 e. The van der Waals surface area contributed by atoms with Gasteiger partial charge in [-0.15, -0.1) is 0 Å². The van der Waals surface area contributed by atoms with Crippen molar-refractivity contribution in [2.45, 2.75) is 18.4 Å². The average Bonchev–Trinajstić information content (AvgIpc) is 2.57. The Kier molecular flexibility index (Phi) is 4.57. The molecule has 120 valence electrons. The van der Waals surface area contributed by atoms with Crippen LogP contribution in [-0.4, -0.2) is 36.1 Å². The van der Waals surface area contributed by atoms with Gasteiger partial charge in [0, 0.05) is 25.1 Å². The van der Waals surface area contributed by atoms with E-state index in [0.29, 0.717) is 5.75 Å². The first-order chi connectivity index (χ1) is 11.1. The summed E-state index contributed by atoms with van der Waals surface area (Å²) in [5, 5.41) is 10.9. The normalized spacial score (nSPS) is 21.8. The van der Waals surface area contributed by atoms with E-state index >= 15 is 0 Å². The van der Waals surface area contributed by atoms with Gasteiger partial charge < -0.3 is 9.64 Å². The van der Waals surface area contributed by atoms with Crippen LogP contribution in [0.2, 0.25) is 0 Å². The summed E-state index contributed by atoms with van der Waals surface area (Å²) in [6.45, 7) is 1.88. The molecule has 0 N–H and O–H groups in total. The molecule has 0 spiro atoms. The van der Waals surface area contributed by atoms with Crippen molar-refractivity contribution >= 4 is 5.69 Å². The number of nitro benzene ring substituents is 1. The third kappa shape index (κ3) is 3.68. The van der Waals surface area contributed by atoms with E-state index in [4.69, 9.17) is 4.74 Å². The molecule has 1 aliphatic rings. The number of non-ortho nitro benzene ring substituents is 1. The van der Waals surface area contributed by atoms with Crippen LogP contribution < -0.4 is 4.74 Å². The zero-order chi connectivity index (χ0) is 16.2. The van der Waals surface area contributed by atoms with Crippen molar-refractivity contribution in [1.29, 1.82) is 0 Å². The molecule has 0 radical (unpaired) electrons. The minimum Gasteiger partial charge on any atom is -0.489 e. The standard InChI is InChI=1S/C18H20N2O3/c1-19-11-10-18(17(13-19)14-6-3-2-4-7-14)23-16-9-5-8-15(12-16)20(21)22/h2-9,12,17-18H,10-11,13H2,1H3/t17-,18+/m1/s1. The second-order valence-electron chi connectivity index (χ2n) is 5.98. The first kappa shape index (κ1) is 15.5. The van der Waals surface area contributed by atoms with Gasteiger partial charge >= 0.3 is 0 Å². The third-order valence-electron chi connectivity index (χ3n) is 4.30. The molecule has 2 aromatic rings. The molecule has 0 aromatic heterocycles. The topological polar surface area (TPSA) is 55.6 Å². The summed E-state index contributed by atoms with van der Waals surface area (Å²) < 4.78 is 6.13. The lowest BCUT2D eigenvalue weighted by Crippen LogP contribution is -2.42. The van der Waals surface area contributed by atoms with Crippen LogP contribution in [0.1, 0.15) is 17.9 Å². The Morgan fingerprint density at radius 3 is 2.70 bits per heavy atom. The second kappa shape index (κ2) is 6.79. The highest BCUT2D eigenvalue weighted by Crippen LogP contribution is 2.31. The number of nitro groups is 1. The Bertz CT molecular complexity index is 675. The highest BCUT2D eigenvalue weighted by molar-refractivity contribution is 5.38. The number of piperidine rings is 1. The van der Waals surface area contributed by atoms with Crippen LogP contribution in [0.4, 0.5) is 5.69 Å². The van der Waals surface area contributed by atoms with Crippen molar-refractivity contribution in [3.8, 4) is 5.75 Å². The Morgan fingerprint density at radius 1 is 1.17 bits per heavy atom. The highest BCUT2D eigenvalue weighted by atomic mass is 16.6. The van der Waals surface area contributed by atoms with E-state index < -0.39 is 4.92 Å². The van der Waals surface area contributed by atoms with Gasteiger partial charge in [-0.05, 0) is 25.1 Å². The molecule has 1 aliphatic heterocycles. The van der Waals surface area contributed by atoms with Crippen LogP contribution in [0.3, 0.4) is 0 Å². The molecule has 0 bridgehead atoms. The van der Waals surface area contributed by atoms with E-state index in [9.17, 15) is 10.1 Å². The zero-order valence-electron chi connectivity index (χ0n) is 13.1. The first-order valence-corrected chi connectivity index (χ1v) is 7.78. The molecule has 5 nitrogen and oxygen atoms in total. The van der Waals surface area contributed by atoms with E-state index in [1.165, 1.54) is 17.7 Å². The number of benzene rings is 2. The van der Waals surface area contributed by atoms with Crippen LogP contribution >= 0.6 is 0 Å². The van der Waals surface area contributed by atoms with Gasteiger partial charge in [0.2, 0.25) is 0 Å². The second-order valence-corrected chi connectivity index (χ2v) is 5.98. The van der Waals surface area contributed by atoms with Crippen molar-refractivity contribution in [2.24, 2.45) is 0 Å². The van der Waals surface area contributed by atoms with Gasteiger partial charge in [0.05, 0.1) is 11.0 Å². The minimum atomic E-state index is -0.393. The van der Waals surface area contributed by atoms with Gasteiger partial charge in [-0.25, -0.2) is 0 Å². The monoisotopic (exact) mass is 312 g/mol. The van der Waals surface area contributed by atoms with E-state index in [1.807, 2.05) is 18.2 Å². The van der Waals surface area contributed by atoms with Crippen molar-refractivity contribution in [1.82, 2.24) is 4.90 Å². The van der Waals surface area contributed by atoms with Crippen LogP contribution in [0.25, 0.3) is 0 Å². The Labute approximate surface area is 135 Å². The molecule has 1 fully saturated rings. The molecule has 2 atom stereocenters. The van der Waals surface area contributed by atoms with Gasteiger partial charge in [-0.3, -0.25) is 10.1 Å². The maximum absolute atomic E-state index is 10.9. The zero-order valence-corrected chi connectivity index (χ0v) is 13.1. The summed E-state index contributed by atoms with van der Waals surface area (Å²) in [6, 6.07) is 16.8. The molecule has 1 saturated heterocycles. The minimum absolute atomic E-state index is 0.0237. The van der Waals surface area contributed by atoms with E-state index in [1.54, 1.807) is 12.1 Å². The number of ether oxygens (including phenoxy) is 1. The molecule has 0 saturated carbocycles. The lowest BCUT2D eigenvalue weighted by molar-refractivity contribution is -0.385. The molecule has 0 aliphatic carbocycles. The number of nitrogens with zero attached hydrogens (tertiary/aromatic N) is 2. The third-order valence-corrected chi connectivity index (χ3v) is 4.30. The quantitative estimate of drug-likeness (QED) is 0.641. The number of likely N-dealkylation sites (tertiary alicyclic amines) is 1. The smallest absolute Gasteiger partial charge is 0.273 e. The van der Waals surface area contributed by atoms with E-state index in [0.717, 1.165) is 19.5 Å².